The Morgan fingerprint density at radius 3 is 2.58 bits per heavy atom. The average molecular weight is 330 g/mol. The summed E-state index contributed by atoms with van der Waals surface area (Å²) in [5.74, 6) is 0.813. The topological polar surface area (TPSA) is 45.1 Å². The van der Waals surface area contributed by atoms with E-state index < -0.39 is 6.10 Å². The number of nitrogens with zero attached hydrogens (tertiary/aromatic N) is 2. The number of aliphatic hydroxyl groups excluding tert-OH is 1. The number of benzene rings is 1. The van der Waals surface area contributed by atoms with Gasteiger partial charge in [-0.2, -0.15) is 0 Å². The number of likely N-dealkylation sites (tertiary alicyclic amines) is 1. The lowest BCUT2D eigenvalue weighted by Gasteiger charge is -2.19. The van der Waals surface area contributed by atoms with Crippen LogP contribution in [0, 0.1) is 5.92 Å². The fourth-order valence-corrected chi connectivity index (χ4v) is 2.97. The molecule has 0 aromatic heterocycles. The Morgan fingerprint density at radius 2 is 1.96 bits per heavy atom. The van der Waals surface area contributed by atoms with Gasteiger partial charge in [0.1, 0.15) is 5.76 Å². The summed E-state index contributed by atoms with van der Waals surface area (Å²) in [5, 5.41) is 14.5. The van der Waals surface area contributed by atoms with E-state index in [4.69, 9.17) is 4.84 Å². The number of hydrogen-bond acceptors (Lipinski definition) is 4. The third kappa shape index (κ3) is 5.77. The molecule has 4 heteroatoms. The number of oxime groups is 1. The first-order valence-electron chi connectivity index (χ1n) is 8.98. The molecule has 0 saturated carbocycles. The van der Waals surface area contributed by atoms with Crippen molar-refractivity contribution in [3.8, 4) is 0 Å². The lowest BCUT2D eigenvalue weighted by molar-refractivity contribution is 0.101. The van der Waals surface area contributed by atoms with E-state index in [1.807, 2.05) is 30.3 Å². The van der Waals surface area contributed by atoms with Crippen molar-refractivity contribution in [2.45, 2.75) is 45.6 Å². The van der Waals surface area contributed by atoms with Crippen molar-refractivity contribution in [3.05, 3.63) is 48.2 Å². The van der Waals surface area contributed by atoms with Crippen LogP contribution in [0.15, 0.2) is 47.8 Å². The molecule has 1 N–H and O–H groups in total. The van der Waals surface area contributed by atoms with Crippen molar-refractivity contribution in [2.75, 3.05) is 19.6 Å². The fourth-order valence-electron chi connectivity index (χ4n) is 2.97. The van der Waals surface area contributed by atoms with E-state index in [0.29, 0.717) is 24.6 Å². The lowest BCUT2D eigenvalue weighted by Crippen LogP contribution is -2.30. The third-order valence-corrected chi connectivity index (χ3v) is 4.55. The van der Waals surface area contributed by atoms with Gasteiger partial charge in [-0.25, -0.2) is 0 Å². The Kier molecular flexibility index (Phi) is 7.47. The highest BCUT2D eigenvalue weighted by molar-refractivity contribution is 6.01. The largest absolute Gasteiger partial charge is 0.391 e. The zero-order valence-electron chi connectivity index (χ0n) is 14.9. The fraction of sp³-hybridized carbons (Fsp3) is 0.550. The second kappa shape index (κ2) is 9.60. The van der Waals surface area contributed by atoms with Crippen LogP contribution in [-0.2, 0) is 4.84 Å². The van der Waals surface area contributed by atoms with Crippen molar-refractivity contribution in [3.63, 3.8) is 0 Å². The maximum absolute atomic E-state index is 10.2. The predicted molar refractivity (Wildman–Crippen MR) is 99.0 cm³/mol. The molecule has 1 aliphatic heterocycles. The Balaban J connectivity index is 1.91. The highest BCUT2D eigenvalue weighted by atomic mass is 16.6. The van der Waals surface area contributed by atoms with Gasteiger partial charge in [0.25, 0.3) is 0 Å². The van der Waals surface area contributed by atoms with E-state index in [-0.39, 0.29) is 0 Å². The van der Waals surface area contributed by atoms with Gasteiger partial charge in [0.2, 0.25) is 0 Å². The van der Waals surface area contributed by atoms with Crippen LogP contribution in [0.25, 0.3) is 0 Å². The van der Waals surface area contributed by atoms with Crippen molar-refractivity contribution in [1.29, 1.82) is 0 Å². The first-order chi connectivity index (χ1) is 11.6. The van der Waals surface area contributed by atoms with Crippen molar-refractivity contribution in [1.82, 2.24) is 4.90 Å². The molecule has 2 unspecified atom stereocenters. The Bertz CT molecular complexity index is 536. The molecular weight excluding hydrogens is 300 g/mol. The van der Waals surface area contributed by atoms with E-state index in [2.05, 4.69) is 30.5 Å². The van der Waals surface area contributed by atoms with Gasteiger partial charge in [-0.05, 0) is 37.9 Å². The molecule has 24 heavy (non-hydrogen) atoms. The van der Waals surface area contributed by atoms with Crippen LogP contribution < -0.4 is 0 Å². The SMILES string of the molecule is C=C(CC(O)CN1CCCC1)O/N=C(/c1ccccc1)C(C)CC. The number of aliphatic hydroxyl groups is 1. The summed E-state index contributed by atoms with van der Waals surface area (Å²) in [4.78, 5) is 7.82. The molecule has 0 bridgehead atoms. The molecule has 1 fully saturated rings. The first-order valence-corrected chi connectivity index (χ1v) is 8.98. The molecule has 1 aromatic rings. The smallest absolute Gasteiger partial charge is 0.130 e. The number of hydrogen-bond donors (Lipinski definition) is 1. The van der Waals surface area contributed by atoms with Crippen molar-refractivity contribution >= 4 is 5.71 Å². The van der Waals surface area contributed by atoms with E-state index >= 15 is 0 Å². The summed E-state index contributed by atoms with van der Waals surface area (Å²) in [5.41, 5.74) is 1.99. The second-order valence-electron chi connectivity index (χ2n) is 6.65. The molecule has 1 heterocycles. The second-order valence-corrected chi connectivity index (χ2v) is 6.65. The van der Waals surface area contributed by atoms with Crippen molar-refractivity contribution < 1.29 is 9.94 Å². The van der Waals surface area contributed by atoms with E-state index in [1.54, 1.807) is 0 Å². The minimum absolute atomic E-state index is 0.301. The molecule has 1 aliphatic rings. The van der Waals surface area contributed by atoms with Gasteiger partial charge in [0, 0.05) is 18.9 Å². The molecule has 0 aliphatic carbocycles. The molecule has 0 radical (unpaired) electrons. The Morgan fingerprint density at radius 1 is 1.29 bits per heavy atom. The van der Waals surface area contributed by atoms with Gasteiger partial charge in [0.15, 0.2) is 0 Å². The van der Waals surface area contributed by atoms with E-state index in [0.717, 1.165) is 30.8 Å². The van der Waals surface area contributed by atoms with Crippen molar-refractivity contribution in [2.24, 2.45) is 11.1 Å². The monoisotopic (exact) mass is 330 g/mol. The van der Waals surface area contributed by atoms with Crippen LogP contribution in [0.4, 0.5) is 0 Å². The maximum atomic E-state index is 10.2. The lowest BCUT2D eigenvalue weighted by atomic mass is 9.96. The predicted octanol–water partition coefficient (Wildman–Crippen LogP) is 3.81. The molecule has 2 rings (SSSR count). The normalized spacial score (nSPS) is 18.4. The molecule has 1 aromatic carbocycles. The molecule has 0 amide bonds. The Labute approximate surface area is 145 Å². The molecule has 132 valence electrons. The summed E-state index contributed by atoms with van der Waals surface area (Å²) in [7, 11) is 0. The average Bonchev–Trinajstić information content (AvgIpc) is 3.08. The highest BCUT2D eigenvalue weighted by Crippen LogP contribution is 2.16. The van der Waals surface area contributed by atoms with Crippen LogP contribution in [0.5, 0.6) is 0 Å². The van der Waals surface area contributed by atoms with E-state index in [9.17, 15) is 5.11 Å². The summed E-state index contributed by atoms with van der Waals surface area (Å²) in [6, 6.07) is 10.1. The molecule has 4 nitrogen and oxygen atoms in total. The maximum Gasteiger partial charge on any atom is 0.130 e. The number of rotatable bonds is 9. The molecule has 0 spiro atoms. The zero-order valence-corrected chi connectivity index (χ0v) is 14.9. The Hall–Kier alpha value is -1.65. The minimum Gasteiger partial charge on any atom is -0.391 e. The van der Waals surface area contributed by atoms with Gasteiger partial charge in [0.05, 0.1) is 11.8 Å². The standard InChI is InChI=1S/C20H30N2O2/c1-4-16(2)20(18-10-6-5-7-11-18)21-24-17(3)14-19(23)15-22-12-8-9-13-22/h5-7,10-11,16,19,23H,3-4,8-9,12-15H2,1-2H3/b21-20+. The number of β-amino-alcohol motifs (C(OH)–C–C–N with tert-alkyl or cyclic N) is 1. The van der Waals surface area contributed by atoms with Crippen LogP contribution in [-0.4, -0.2) is 41.5 Å². The molecular formula is C20H30N2O2. The minimum atomic E-state index is -0.449. The van der Waals surface area contributed by atoms with Gasteiger partial charge in [-0.15, -0.1) is 0 Å². The summed E-state index contributed by atoms with van der Waals surface area (Å²) < 4.78 is 0. The summed E-state index contributed by atoms with van der Waals surface area (Å²) >= 11 is 0. The van der Waals surface area contributed by atoms with Gasteiger partial charge < -0.3 is 14.8 Å². The quantitative estimate of drug-likeness (QED) is 0.425. The highest BCUT2D eigenvalue weighted by Gasteiger charge is 2.17. The van der Waals surface area contributed by atoms with Crippen LogP contribution in [0.3, 0.4) is 0 Å². The zero-order chi connectivity index (χ0) is 17.4. The van der Waals surface area contributed by atoms with Crippen LogP contribution in [0.1, 0.15) is 45.1 Å². The van der Waals surface area contributed by atoms with Crippen LogP contribution >= 0.6 is 0 Å². The molecule has 2 atom stereocenters. The van der Waals surface area contributed by atoms with Crippen LogP contribution in [0.2, 0.25) is 0 Å². The summed E-state index contributed by atoms with van der Waals surface area (Å²) in [6.45, 7) is 11.0. The summed E-state index contributed by atoms with van der Waals surface area (Å²) in [6.07, 6.45) is 3.41. The third-order valence-electron chi connectivity index (χ3n) is 4.55. The first kappa shape index (κ1) is 18.7. The van der Waals surface area contributed by atoms with Gasteiger partial charge >= 0.3 is 0 Å². The van der Waals surface area contributed by atoms with E-state index in [1.165, 1.54) is 12.8 Å². The van der Waals surface area contributed by atoms with Gasteiger partial charge in [-0.3, -0.25) is 0 Å². The molecule has 1 saturated heterocycles. The van der Waals surface area contributed by atoms with Gasteiger partial charge in [-0.1, -0.05) is 55.9 Å².